The van der Waals surface area contributed by atoms with E-state index in [1.165, 1.54) is 5.56 Å². The van der Waals surface area contributed by atoms with Gasteiger partial charge in [-0.3, -0.25) is 9.59 Å². The molecule has 0 aromatic heterocycles. The second-order valence-electron chi connectivity index (χ2n) is 9.88. The summed E-state index contributed by atoms with van der Waals surface area (Å²) >= 11 is 3.47. The first-order valence-corrected chi connectivity index (χ1v) is 13.1. The van der Waals surface area contributed by atoms with Crippen LogP contribution in [0.4, 0.5) is 0 Å². The first-order valence-electron chi connectivity index (χ1n) is 12.3. The van der Waals surface area contributed by atoms with Crippen LogP contribution in [-0.2, 0) is 29.0 Å². The maximum absolute atomic E-state index is 13.6. The Morgan fingerprint density at radius 1 is 0.889 bits per heavy atom. The summed E-state index contributed by atoms with van der Waals surface area (Å²) in [7, 11) is 0. The molecule has 0 aliphatic carbocycles. The van der Waals surface area contributed by atoms with Crippen LogP contribution in [0.15, 0.2) is 83.3 Å². The van der Waals surface area contributed by atoms with Crippen LogP contribution in [-0.4, -0.2) is 34.9 Å². The van der Waals surface area contributed by atoms with Crippen molar-refractivity contribution in [1.82, 2.24) is 10.2 Å². The van der Waals surface area contributed by atoms with Gasteiger partial charge in [0, 0.05) is 23.0 Å². The lowest BCUT2D eigenvalue weighted by atomic mass is 10.0. The Hall–Kier alpha value is -3.12. The number of halogens is 1. The van der Waals surface area contributed by atoms with E-state index in [-0.39, 0.29) is 18.4 Å². The molecule has 0 saturated heterocycles. The maximum atomic E-state index is 13.6. The molecule has 3 aromatic carbocycles. The Labute approximate surface area is 223 Å². The summed E-state index contributed by atoms with van der Waals surface area (Å²) in [5.74, 6) is 0.189. The Morgan fingerprint density at radius 2 is 1.50 bits per heavy atom. The predicted molar refractivity (Wildman–Crippen MR) is 148 cm³/mol. The third-order valence-electron chi connectivity index (χ3n) is 5.73. The highest BCUT2D eigenvalue weighted by atomic mass is 79.9. The van der Waals surface area contributed by atoms with Gasteiger partial charge in [-0.25, -0.2) is 0 Å². The lowest BCUT2D eigenvalue weighted by Gasteiger charge is -2.33. The van der Waals surface area contributed by atoms with E-state index < -0.39 is 11.6 Å². The molecule has 5 nitrogen and oxygen atoms in total. The van der Waals surface area contributed by atoms with Crippen molar-refractivity contribution in [3.63, 3.8) is 0 Å². The summed E-state index contributed by atoms with van der Waals surface area (Å²) in [4.78, 5) is 28.8. The van der Waals surface area contributed by atoms with E-state index in [4.69, 9.17) is 4.74 Å². The predicted octanol–water partition coefficient (Wildman–Crippen LogP) is 5.95. The van der Waals surface area contributed by atoms with Gasteiger partial charge < -0.3 is 15.0 Å². The monoisotopic (exact) mass is 550 g/mol. The fourth-order valence-electron chi connectivity index (χ4n) is 3.84. The van der Waals surface area contributed by atoms with E-state index >= 15 is 0 Å². The number of amides is 2. The molecule has 0 aliphatic heterocycles. The molecule has 0 bridgehead atoms. The van der Waals surface area contributed by atoms with Crippen LogP contribution in [0.25, 0.3) is 0 Å². The van der Waals surface area contributed by atoms with Gasteiger partial charge in [0.05, 0.1) is 0 Å². The van der Waals surface area contributed by atoms with Gasteiger partial charge in [0.2, 0.25) is 5.91 Å². The number of hydrogen-bond donors (Lipinski definition) is 1. The quantitative estimate of drug-likeness (QED) is 0.339. The van der Waals surface area contributed by atoms with Gasteiger partial charge >= 0.3 is 0 Å². The minimum absolute atomic E-state index is 0.157. The van der Waals surface area contributed by atoms with Crippen molar-refractivity contribution in [3.05, 3.63) is 100 Å². The SMILES string of the molecule is CCc1ccc(OCC(=O)N(Cc2ccc(Br)cc2)[C@@H](Cc2ccccc2)C(=O)NC(C)(C)C)cc1. The van der Waals surface area contributed by atoms with Crippen LogP contribution in [0.3, 0.4) is 0 Å². The number of nitrogens with one attached hydrogen (secondary N) is 1. The molecule has 3 rings (SSSR count). The number of aryl methyl sites for hydroxylation is 1. The third-order valence-corrected chi connectivity index (χ3v) is 6.26. The molecule has 2 amide bonds. The maximum Gasteiger partial charge on any atom is 0.261 e. The van der Waals surface area contributed by atoms with Gasteiger partial charge in [-0.05, 0) is 68.1 Å². The van der Waals surface area contributed by atoms with Crippen LogP contribution in [0.2, 0.25) is 0 Å². The average molecular weight is 552 g/mol. The molecule has 0 saturated carbocycles. The van der Waals surface area contributed by atoms with E-state index in [9.17, 15) is 9.59 Å². The van der Waals surface area contributed by atoms with Crippen LogP contribution in [0.5, 0.6) is 5.75 Å². The minimum atomic E-state index is -0.700. The van der Waals surface area contributed by atoms with Gasteiger partial charge in [-0.15, -0.1) is 0 Å². The third kappa shape index (κ3) is 8.52. The first-order chi connectivity index (χ1) is 17.1. The van der Waals surface area contributed by atoms with E-state index in [1.807, 2.05) is 99.6 Å². The van der Waals surface area contributed by atoms with Crippen molar-refractivity contribution in [2.75, 3.05) is 6.61 Å². The number of carbonyl (C=O) groups is 2. The van der Waals surface area contributed by atoms with E-state index in [2.05, 4.69) is 28.2 Å². The molecular weight excluding hydrogens is 516 g/mol. The summed E-state index contributed by atoms with van der Waals surface area (Å²) in [6.07, 6.45) is 1.33. The smallest absolute Gasteiger partial charge is 0.261 e. The number of rotatable bonds is 10. The summed E-state index contributed by atoms with van der Waals surface area (Å²) in [5, 5.41) is 3.08. The van der Waals surface area contributed by atoms with Crippen LogP contribution >= 0.6 is 15.9 Å². The van der Waals surface area contributed by atoms with E-state index in [0.29, 0.717) is 18.7 Å². The molecule has 1 N–H and O–H groups in total. The Kier molecular flexibility index (Phi) is 9.71. The molecule has 3 aromatic rings. The molecule has 0 fully saturated rings. The second-order valence-corrected chi connectivity index (χ2v) is 10.8. The Bertz CT molecular complexity index is 1120. The number of carbonyl (C=O) groups excluding carboxylic acids is 2. The fraction of sp³-hybridized carbons (Fsp3) is 0.333. The van der Waals surface area contributed by atoms with E-state index in [1.54, 1.807) is 4.90 Å². The lowest BCUT2D eigenvalue weighted by Crippen LogP contribution is -2.55. The van der Waals surface area contributed by atoms with Crippen molar-refractivity contribution in [2.24, 2.45) is 0 Å². The van der Waals surface area contributed by atoms with Crippen molar-refractivity contribution < 1.29 is 14.3 Å². The highest BCUT2D eigenvalue weighted by Crippen LogP contribution is 2.19. The Morgan fingerprint density at radius 3 is 2.08 bits per heavy atom. The number of nitrogens with zero attached hydrogens (tertiary/aromatic N) is 1. The molecule has 36 heavy (non-hydrogen) atoms. The molecule has 0 heterocycles. The summed E-state index contributed by atoms with van der Waals surface area (Å²) < 4.78 is 6.81. The van der Waals surface area contributed by atoms with Crippen molar-refractivity contribution in [1.29, 1.82) is 0 Å². The Balaban J connectivity index is 1.90. The molecule has 0 radical (unpaired) electrons. The summed E-state index contributed by atoms with van der Waals surface area (Å²) in [6.45, 7) is 8.04. The standard InChI is InChI=1S/C30H35BrN2O3/c1-5-22-13-17-26(18-14-22)36-21-28(34)33(20-24-11-15-25(31)16-12-24)27(29(35)32-30(2,3)4)19-23-9-7-6-8-10-23/h6-18,27H,5,19-21H2,1-4H3,(H,32,35)/t27-/m0/s1. The number of benzene rings is 3. The van der Waals surface area contributed by atoms with Crippen LogP contribution in [0, 0.1) is 0 Å². The number of hydrogen-bond acceptors (Lipinski definition) is 3. The highest BCUT2D eigenvalue weighted by molar-refractivity contribution is 9.10. The van der Waals surface area contributed by atoms with Crippen LogP contribution < -0.4 is 10.1 Å². The zero-order valence-electron chi connectivity index (χ0n) is 21.5. The van der Waals surface area contributed by atoms with Gasteiger partial charge in [-0.1, -0.05) is 77.5 Å². The molecule has 0 spiro atoms. The van der Waals surface area contributed by atoms with Gasteiger partial charge in [0.25, 0.3) is 5.91 Å². The summed E-state index contributed by atoms with van der Waals surface area (Å²) in [6, 6.07) is 24.6. The summed E-state index contributed by atoms with van der Waals surface area (Å²) in [5.41, 5.74) is 2.68. The molecular formula is C30H35BrN2O3. The highest BCUT2D eigenvalue weighted by Gasteiger charge is 2.32. The zero-order chi connectivity index (χ0) is 26.1. The normalized spacial score (nSPS) is 12.0. The molecule has 6 heteroatoms. The topological polar surface area (TPSA) is 58.6 Å². The first kappa shape index (κ1) is 27.5. The minimum Gasteiger partial charge on any atom is -0.484 e. The lowest BCUT2D eigenvalue weighted by molar-refractivity contribution is -0.143. The van der Waals surface area contributed by atoms with Crippen molar-refractivity contribution in [3.8, 4) is 5.75 Å². The molecule has 0 unspecified atom stereocenters. The van der Waals surface area contributed by atoms with E-state index in [0.717, 1.165) is 22.0 Å². The van der Waals surface area contributed by atoms with Crippen LogP contribution in [0.1, 0.15) is 44.4 Å². The second kappa shape index (κ2) is 12.7. The fourth-order valence-corrected chi connectivity index (χ4v) is 4.11. The van der Waals surface area contributed by atoms with Crippen molar-refractivity contribution >= 4 is 27.7 Å². The number of ether oxygens (including phenoxy) is 1. The zero-order valence-corrected chi connectivity index (χ0v) is 23.0. The molecule has 1 atom stereocenters. The molecule has 0 aliphatic rings. The largest absolute Gasteiger partial charge is 0.484 e. The average Bonchev–Trinajstić information content (AvgIpc) is 2.85. The molecule has 190 valence electrons. The van der Waals surface area contributed by atoms with Gasteiger partial charge in [0.15, 0.2) is 6.61 Å². The van der Waals surface area contributed by atoms with Gasteiger partial charge in [0.1, 0.15) is 11.8 Å². The van der Waals surface area contributed by atoms with Crippen molar-refractivity contribution in [2.45, 2.75) is 58.7 Å². The van der Waals surface area contributed by atoms with Gasteiger partial charge in [-0.2, -0.15) is 0 Å².